The molecule has 0 saturated carbocycles. The lowest BCUT2D eigenvalue weighted by atomic mass is 10.1. The molecule has 1 aromatic rings. The second-order valence-corrected chi connectivity index (χ2v) is 4.31. The van der Waals surface area contributed by atoms with Gasteiger partial charge < -0.3 is 0 Å². The fraction of sp³-hybridized carbons (Fsp3) is 0.385. The number of hydrogen-bond acceptors (Lipinski definition) is 1. The highest BCUT2D eigenvalue weighted by Crippen LogP contribution is 2.34. The van der Waals surface area contributed by atoms with Crippen molar-refractivity contribution < 1.29 is 0 Å². The molecule has 0 amide bonds. The smallest absolute Gasteiger partial charge is 0.0354 e. The monoisotopic (exact) mass is 221 g/mol. The molecule has 0 aromatic heterocycles. The Kier molecular flexibility index (Phi) is 3.45. The molecule has 0 radical (unpaired) electrons. The van der Waals surface area contributed by atoms with E-state index in [1.165, 1.54) is 24.0 Å². The fourth-order valence-electron chi connectivity index (χ4n) is 2.33. The van der Waals surface area contributed by atoms with Gasteiger partial charge >= 0.3 is 0 Å². The molecule has 0 aliphatic heterocycles. The minimum absolute atomic E-state index is 0.564. The predicted molar refractivity (Wildman–Crippen MR) is 65.1 cm³/mol. The number of likely N-dealkylation sites (N-methyl/N-ethyl adjacent to an activating group) is 1. The quantitative estimate of drug-likeness (QED) is 0.757. The first kappa shape index (κ1) is 10.7. The van der Waals surface area contributed by atoms with Crippen molar-refractivity contribution in [1.29, 1.82) is 0 Å². The van der Waals surface area contributed by atoms with Crippen LogP contribution in [0, 0.1) is 0 Å². The summed E-state index contributed by atoms with van der Waals surface area (Å²) in [7, 11) is 2.16. The predicted octanol–water partition coefficient (Wildman–Crippen LogP) is 3.36. The van der Waals surface area contributed by atoms with Gasteiger partial charge in [0.15, 0.2) is 0 Å². The Morgan fingerprint density at radius 3 is 3.07 bits per heavy atom. The lowest BCUT2D eigenvalue weighted by Gasteiger charge is -2.23. The summed E-state index contributed by atoms with van der Waals surface area (Å²) in [6, 6.07) is 9.30. The summed E-state index contributed by atoms with van der Waals surface area (Å²) in [4.78, 5) is 2.35. The Labute approximate surface area is 96.4 Å². The third-order valence-corrected chi connectivity index (χ3v) is 3.29. The van der Waals surface area contributed by atoms with Crippen LogP contribution in [0.4, 0.5) is 0 Å². The van der Waals surface area contributed by atoms with Crippen LogP contribution < -0.4 is 0 Å². The Bertz CT molecular complexity index is 359. The molecular weight excluding hydrogens is 206 g/mol. The zero-order valence-corrected chi connectivity index (χ0v) is 9.74. The normalized spacial score (nSPS) is 20.1. The largest absolute Gasteiger partial charge is 0.296 e. The number of rotatable bonds is 3. The van der Waals surface area contributed by atoms with Gasteiger partial charge in [0.2, 0.25) is 0 Å². The second-order valence-electron chi connectivity index (χ2n) is 4.05. The number of aryl methyl sites for hydroxylation is 1. The molecule has 1 unspecified atom stereocenters. The van der Waals surface area contributed by atoms with Crippen molar-refractivity contribution in [2.24, 2.45) is 0 Å². The standard InChI is InChI=1S/C13H16ClN/c1-15(10-4-9-14)13-8-7-11-5-2-3-6-12(11)13/h2-6,9,13H,7-8,10H2,1H3/b9-4+. The zero-order valence-electron chi connectivity index (χ0n) is 8.99. The van der Waals surface area contributed by atoms with Crippen LogP contribution in [0.25, 0.3) is 0 Å². The Hall–Kier alpha value is -0.790. The minimum atomic E-state index is 0.564. The van der Waals surface area contributed by atoms with Gasteiger partial charge in [0.1, 0.15) is 0 Å². The lowest BCUT2D eigenvalue weighted by Crippen LogP contribution is -2.22. The van der Waals surface area contributed by atoms with E-state index in [0.29, 0.717) is 6.04 Å². The van der Waals surface area contributed by atoms with Crippen molar-refractivity contribution in [2.75, 3.05) is 13.6 Å². The minimum Gasteiger partial charge on any atom is -0.296 e. The van der Waals surface area contributed by atoms with Gasteiger partial charge in [0, 0.05) is 18.1 Å². The van der Waals surface area contributed by atoms with Crippen LogP contribution in [0.5, 0.6) is 0 Å². The van der Waals surface area contributed by atoms with Crippen molar-refractivity contribution in [3.8, 4) is 0 Å². The molecular formula is C13H16ClN. The summed E-state index contributed by atoms with van der Waals surface area (Å²) in [5, 5.41) is 0. The maximum absolute atomic E-state index is 5.55. The summed E-state index contributed by atoms with van der Waals surface area (Å²) < 4.78 is 0. The highest BCUT2D eigenvalue weighted by atomic mass is 35.5. The molecule has 2 rings (SSSR count). The van der Waals surface area contributed by atoms with Gasteiger partial charge in [-0.15, -0.1) is 0 Å². The molecule has 1 aromatic carbocycles. The van der Waals surface area contributed by atoms with Gasteiger partial charge in [0.05, 0.1) is 0 Å². The Morgan fingerprint density at radius 2 is 2.27 bits per heavy atom. The van der Waals surface area contributed by atoms with Gasteiger partial charge in [0.25, 0.3) is 0 Å². The first-order valence-electron chi connectivity index (χ1n) is 5.36. The van der Waals surface area contributed by atoms with Gasteiger partial charge in [-0.2, -0.15) is 0 Å². The Balaban J connectivity index is 2.13. The van der Waals surface area contributed by atoms with Crippen LogP contribution in [-0.4, -0.2) is 18.5 Å². The van der Waals surface area contributed by atoms with E-state index >= 15 is 0 Å². The van der Waals surface area contributed by atoms with E-state index in [1.807, 2.05) is 6.08 Å². The molecule has 15 heavy (non-hydrogen) atoms. The molecule has 1 aliphatic carbocycles. The SMILES string of the molecule is CN(C/C=C/Cl)C1CCc2ccccc21. The number of halogens is 1. The van der Waals surface area contributed by atoms with Crippen LogP contribution in [0.2, 0.25) is 0 Å². The van der Waals surface area contributed by atoms with E-state index in [0.717, 1.165) is 6.54 Å². The summed E-state index contributed by atoms with van der Waals surface area (Å²) in [5.41, 5.74) is 4.59. The summed E-state index contributed by atoms with van der Waals surface area (Å²) in [6.45, 7) is 0.919. The molecule has 0 fully saturated rings. The van der Waals surface area contributed by atoms with Gasteiger partial charge in [-0.05, 0) is 31.0 Å². The zero-order chi connectivity index (χ0) is 10.7. The average molecular weight is 222 g/mol. The molecule has 1 aliphatic rings. The van der Waals surface area contributed by atoms with E-state index < -0.39 is 0 Å². The van der Waals surface area contributed by atoms with Crippen LogP contribution >= 0.6 is 11.6 Å². The van der Waals surface area contributed by atoms with Crippen molar-refractivity contribution in [2.45, 2.75) is 18.9 Å². The number of benzene rings is 1. The van der Waals surface area contributed by atoms with Gasteiger partial charge in [-0.25, -0.2) is 0 Å². The third-order valence-electron chi connectivity index (χ3n) is 3.12. The van der Waals surface area contributed by atoms with Crippen LogP contribution in [0.3, 0.4) is 0 Å². The van der Waals surface area contributed by atoms with E-state index in [-0.39, 0.29) is 0 Å². The van der Waals surface area contributed by atoms with Crippen molar-refractivity contribution >= 4 is 11.6 Å². The van der Waals surface area contributed by atoms with Crippen LogP contribution in [-0.2, 0) is 6.42 Å². The first-order chi connectivity index (χ1) is 7.33. The average Bonchev–Trinajstić information content (AvgIpc) is 2.69. The summed E-state index contributed by atoms with van der Waals surface area (Å²) in [5.74, 6) is 0. The fourth-order valence-corrected chi connectivity index (χ4v) is 2.41. The molecule has 80 valence electrons. The number of hydrogen-bond donors (Lipinski definition) is 0. The molecule has 1 nitrogen and oxygen atoms in total. The van der Waals surface area contributed by atoms with Crippen LogP contribution in [0.15, 0.2) is 35.9 Å². The molecule has 0 saturated heterocycles. The molecule has 0 spiro atoms. The van der Waals surface area contributed by atoms with E-state index in [9.17, 15) is 0 Å². The molecule has 0 N–H and O–H groups in total. The van der Waals surface area contributed by atoms with Crippen molar-refractivity contribution in [3.05, 3.63) is 47.0 Å². The number of fused-ring (bicyclic) bond motifs is 1. The van der Waals surface area contributed by atoms with E-state index in [2.05, 4.69) is 36.2 Å². The van der Waals surface area contributed by atoms with E-state index in [4.69, 9.17) is 11.6 Å². The second kappa shape index (κ2) is 4.82. The highest BCUT2D eigenvalue weighted by Gasteiger charge is 2.24. The lowest BCUT2D eigenvalue weighted by molar-refractivity contribution is 0.270. The van der Waals surface area contributed by atoms with Crippen molar-refractivity contribution in [3.63, 3.8) is 0 Å². The first-order valence-corrected chi connectivity index (χ1v) is 5.80. The molecule has 2 heteroatoms. The molecule has 1 atom stereocenters. The number of nitrogens with zero attached hydrogens (tertiary/aromatic N) is 1. The topological polar surface area (TPSA) is 3.24 Å². The summed E-state index contributed by atoms with van der Waals surface area (Å²) >= 11 is 5.55. The van der Waals surface area contributed by atoms with E-state index in [1.54, 1.807) is 5.54 Å². The molecule has 0 bridgehead atoms. The maximum Gasteiger partial charge on any atom is 0.0354 e. The van der Waals surface area contributed by atoms with Gasteiger partial charge in [-0.3, -0.25) is 4.90 Å². The molecule has 0 heterocycles. The van der Waals surface area contributed by atoms with Gasteiger partial charge in [-0.1, -0.05) is 41.9 Å². The Morgan fingerprint density at radius 1 is 1.47 bits per heavy atom. The van der Waals surface area contributed by atoms with Crippen LogP contribution in [0.1, 0.15) is 23.6 Å². The van der Waals surface area contributed by atoms with Crippen molar-refractivity contribution in [1.82, 2.24) is 4.90 Å². The summed E-state index contributed by atoms with van der Waals surface area (Å²) in [6.07, 6.45) is 4.42. The third kappa shape index (κ3) is 2.24. The maximum atomic E-state index is 5.55. The highest BCUT2D eigenvalue weighted by molar-refractivity contribution is 6.25.